The monoisotopic (exact) mass is 262 g/mol. The maximum Gasteiger partial charge on any atom is 0.134 e. The Morgan fingerprint density at radius 2 is 1.84 bits per heavy atom. The van der Waals surface area contributed by atoms with E-state index in [1.807, 2.05) is 0 Å². The molecule has 0 bridgehead atoms. The Kier molecular flexibility index (Phi) is 5.43. The molecule has 2 N–H and O–H groups in total. The molecule has 2 rings (SSSR count). The van der Waals surface area contributed by atoms with Crippen LogP contribution in [0.25, 0.3) is 0 Å². The quantitative estimate of drug-likeness (QED) is 0.788. The molecule has 1 aliphatic carbocycles. The maximum atomic E-state index is 4.47. The summed E-state index contributed by atoms with van der Waals surface area (Å²) in [5.41, 5.74) is 1.25. The molecule has 1 aromatic rings. The van der Waals surface area contributed by atoms with E-state index in [0.717, 1.165) is 37.4 Å². The van der Waals surface area contributed by atoms with Crippen LogP contribution in [0.1, 0.15) is 57.9 Å². The van der Waals surface area contributed by atoms with Crippen molar-refractivity contribution in [2.24, 2.45) is 0 Å². The van der Waals surface area contributed by atoms with Crippen molar-refractivity contribution in [3.8, 4) is 0 Å². The molecular formula is C15H26N4. The topological polar surface area (TPSA) is 49.8 Å². The Hall–Kier alpha value is -1.32. The maximum absolute atomic E-state index is 4.47. The summed E-state index contributed by atoms with van der Waals surface area (Å²) in [6.45, 7) is 5.35. The van der Waals surface area contributed by atoms with Crippen molar-refractivity contribution in [1.82, 2.24) is 9.97 Å². The molecule has 0 spiro atoms. The fraction of sp³-hybridized carbons (Fsp3) is 0.733. The number of hydrogen-bond acceptors (Lipinski definition) is 4. The SMILES string of the molecule is CCCNc1ncnc(NC2CCCC2)c1CCC. The molecule has 4 heteroatoms. The highest BCUT2D eigenvalue weighted by Crippen LogP contribution is 2.26. The van der Waals surface area contributed by atoms with E-state index in [4.69, 9.17) is 0 Å². The smallest absolute Gasteiger partial charge is 0.134 e. The molecule has 0 atom stereocenters. The third kappa shape index (κ3) is 3.82. The minimum atomic E-state index is 0.601. The summed E-state index contributed by atoms with van der Waals surface area (Å²) < 4.78 is 0. The molecule has 0 amide bonds. The third-order valence-electron chi connectivity index (χ3n) is 3.68. The van der Waals surface area contributed by atoms with Crippen LogP contribution >= 0.6 is 0 Å². The lowest BCUT2D eigenvalue weighted by atomic mass is 10.1. The first-order chi connectivity index (χ1) is 9.35. The number of aromatic nitrogens is 2. The average molecular weight is 262 g/mol. The van der Waals surface area contributed by atoms with E-state index >= 15 is 0 Å². The van der Waals surface area contributed by atoms with Crippen molar-refractivity contribution in [2.45, 2.75) is 64.8 Å². The van der Waals surface area contributed by atoms with Gasteiger partial charge in [0.25, 0.3) is 0 Å². The van der Waals surface area contributed by atoms with Crippen molar-refractivity contribution in [3.63, 3.8) is 0 Å². The highest BCUT2D eigenvalue weighted by Gasteiger charge is 2.18. The Morgan fingerprint density at radius 1 is 1.11 bits per heavy atom. The number of anilines is 2. The van der Waals surface area contributed by atoms with Crippen LogP contribution in [0, 0.1) is 0 Å². The van der Waals surface area contributed by atoms with Gasteiger partial charge in [0.1, 0.15) is 18.0 Å². The van der Waals surface area contributed by atoms with Crippen LogP contribution < -0.4 is 10.6 Å². The van der Waals surface area contributed by atoms with E-state index in [1.165, 1.54) is 31.2 Å². The lowest BCUT2D eigenvalue weighted by Gasteiger charge is -2.18. The van der Waals surface area contributed by atoms with Crippen molar-refractivity contribution < 1.29 is 0 Å². The summed E-state index contributed by atoms with van der Waals surface area (Å²) in [6.07, 6.45) is 10.2. The van der Waals surface area contributed by atoms with Gasteiger partial charge in [-0.2, -0.15) is 0 Å². The first-order valence-corrected chi connectivity index (χ1v) is 7.69. The van der Waals surface area contributed by atoms with Gasteiger partial charge >= 0.3 is 0 Å². The van der Waals surface area contributed by atoms with Gasteiger partial charge in [0.2, 0.25) is 0 Å². The minimum Gasteiger partial charge on any atom is -0.370 e. The second kappa shape index (κ2) is 7.31. The van der Waals surface area contributed by atoms with Gasteiger partial charge in [-0.15, -0.1) is 0 Å². The molecule has 106 valence electrons. The van der Waals surface area contributed by atoms with E-state index in [9.17, 15) is 0 Å². The Balaban J connectivity index is 2.14. The number of nitrogens with one attached hydrogen (secondary N) is 2. The molecule has 0 unspecified atom stereocenters. The van der Waals surface area contributed by atoms with Crippen molar-refractivity contribution in [2.75, 3.05) is 17.2 Å². The van der Waals surface area contributed by atoms with E-state index in [-0.39, 0.29) is 0 Å². The van der Waals surface area contributed by atoms with Crippen LogP contribution in [0.5, 0.6) is 0 Å². The van der Waals surface area contributed by atoms with Crippen molar-refractivity contribution in [3.05, 3.63) is 11.9 Å². The summed E-state index contributed by atoms with van der Waals surface area (Å²) in [6, 6.07) is 0.601. The molecule has 1 saturated carbocycles. The molecule has 0 aliphatic heterocycles. The summed E-state index contributed by atoms with van der Waals surface area (Å²) in [4.78, 5) is 8.88. The summed E-state index contributed by atoms with van der Waals surface area (Å²) in [7, 11) is 0. The van der Waals surface area contributed by atoms with Gasteiger partial charge in [0.05, 0.1) is 0 Å². The van der Waals surface area contributed by atoms with Crippen LogP contribution in [-0.2, 0) is 6.42 Å². The first kappa shape index (κ1) is 14.1. The van der Waals surface area contributed by atoms with E-state index in [0.29, 0.717) is 6.04 Å². The fourth-order valence-electron chi connectivity index (χ4n) is 2.68. The van der Waals surface area contributed by atoms with Crippen LogP contribution in [0.2, 0.25) is 0 Å². The van der Waals surface area contributed by atoms with Crippen molar-refractivity contribution >= 4 is 11.6 Å². The summed E-state index contributed by atoms with van der Waals surface area (Å²) >= 11 is 0. The molecule has 1 aromatic heterocycles. The summed E-state index contributed by atoms with van der Waals surface area (Å²) in [5, 5.41) is 7.04. The van der Waals surface area contributed by atoms with Gasteiger partial charge in [-0.25, -0.2) is 9.97 Å². The number of nitrogens with zero attached hydrogens (tertiary/aromatic N) is 2. The fourth-order valence-corrected chi connectivity index (χ4v) is 2.68. The van der Waals surface area contributed by atoms with Gasteiger partial charge in [0, 0.05) is 18.2 Å². The van der Waals surface area contributed by atoms with Crippen LogP contribution in [0.4, 0.5) is 11.6 Å². The van der Waals surface area contributed by atoms with Crippen molar-refractivity contribution in [1.29, 1.82) is 0 Å². The van der Waals surface area contributed by atoms with Crippen LogP contribution in [0.15, 0.2) is 6.33 Å². The van der Waals surface area contributed by atoms with Crippen LogP contribution in [0.3, 0.4) is 0 Å². The zero-order valence-corrected chi connectivity index (χ0v) is 12.2. The number of rotatable bonds is 7. The van der Waals surface area contributed by atoms with E-state index in [2.05, 4.69) is 34.4 Å². The molecule has 1 fully saturated rings. The van der Waals surface area contributed by atoms with E-state index < -0.39 is 0 Å². The Morgan fingerprint density at radius 3 is 2.53 bits per heavy atom. The van der Waals surface area contributed by atoms with Gasteiger partial charge in [-0.05, 0) is 25.7 Å². The highest BCUT2D eigenvalue weighted by atomic mass is 15.1. The van der Waals surface area contributed by atoms with Gasteiger partial charge in [-0.3, -0.25) is 0 Å². The lowest BCUT2D eigenvalue weighted by molar-refractivity contribution is 0.744. The van der Waals surface area contributed by atoms with Gasteiger partial charge in [-0.1, -0.05) is 33.1 Å². The van der Waals surface area contributed by atoms with Gasteiger partial charge in [0.15, 0.2) is 0 Å². The average Bonchev–Trinajstić information content (AvgIpc) is 2.92. The first-order valence-electron chi connectivity index (χ1n) is 7.69. The molecule has 0 saturated heterocycles. The highest BCUT2D eigenvalue weighted by molar-refractivity contribution is 5.57. The molecule has 1 heterocycles. The lowest BCUT2D eigenvalue weighted by Crippen LogP contribution is -2.18. The normalized spacial score (nSPS) is 15.7. The second-order valence-electron chi connectivity index (χ2n) is 5.35. The number of hydrogen-bond donors (Lipinski definition) is 2. The molecule has 1 aliphatic rings. The molecule has 19 heavy (non-hydrogen) atoms. The summed E-state index contributed by atoms with van der Waals surface area (Å²) in [5.74, 6) is 2.06. The minimum absolute atomic E-state index is 0.601. The zero-order valence-electron chi connectivity index (χ0n) is 12.2. The predicted octanol–water partition coefficient (Wildman–Crippen LogP) is 3.61. The second-order valence-corrected chi connectivity index (χ2v) is 5.35. The third-order valence-corrected chi connectivity index (χ3v) is 3.68. The van der Waals surface area contributed by atoms with E-state index in [1.54, 1.807) is 6.33 Å². The Bertz CT molecular complexity index is 386. The van der Waals surface area contributed by atoms with Gasteiger partial charge < -0.3 is 10.6 Å². The predicted molar refractivity (Wildman–Crippen MR) is 80.7 cm³/mol. The Labute approximate surface area is 116 Å². The molecule has 4 nitrogen and oxygen atoms in total. The standard InChI is InChI=1S/C15H26N4/c1-3-7-13-14(16-10-4-2)17-11-18-15(13)19-12-8-5-6-9-12/h11-12H,3-10H2,1-2H3,(H2,16,17,18,19). The molecule has 0 radical (unpaired) electrons. The molecule has 0 aromatic carbocycles. The largest absolute Gasteiger partial charge is 0.370 e. The molecular weight excluding hydrogens is 236 g/mol. The zero-order chi connectivity index (χ0) is 13.5. The van der Waals surface area contributed by atoms with Crippen LogP contribution in [-0.4, -0.2) is 22.6 Å².